The van der Waals surface area contributed by atoms with Gasteiger partial charge >= 0.3 is 0 Å². The first-order valence-corrected chi connectivity index (χ1v) is 6.47. The van der Waals surface area contributed by atoms with E-state index < -0.39 is 0 Å². The Morgan fingerprint density at radius 1 is 1.44 bits per heavy atom. The lowest BCUT2D eigenvalue weighted by Gasteiger charge is -2.34. The van der Waals surface area contributed by atoms with E-state index in [1.807, 2.05) is 0 Å². The molecule has 2 rings (SSSR count). The Morgan fingerprint density at radius 3 is 2.56 bits per heavy atom. The van der Waals surface area contributed by atoms with E-state index in [1.165, 1.54) is 6.42 Å². The molecule has 3 N–H and O–H groups in total. The molecule has 0 aromatic carbocycles. The van der Waals surface area contributed by atoms with Gasteiger partial charge < -0.3 is 10.8 Å². The summed E-state index contributed by atoms with van der Waals surface area (Å²) in [5.74, 6) is 1.20. The highest BCUT2D eigenvalue weighted by molar-refractivity contribution is 5.05. The van der Waals surface area contributed by atoms with Crippen LogP contribution in [0.4, 0.5) is 0 Å². The molecule has 94 valence electrons. The monoisotopic (exact) mass is 226 g/mol. The van der Waals surface area contributed by atoms with E-state index in [4.69, 9.17) is 5.73 Å². The number of aliphatic hydroxyl groups is 1. The van der Waals surface area contributed by atoms with Crippen molar-refractivity contribution in [2.24, 2.45) is 23.0 Å². The summed E-state index contributed by atoms with van der Waals surface area (Å²) in [4.78, 5) is 2.57. The van der Waals surface area contributed by atoms with E-state index >= 15 is 0 Å². The molecule has 0 bridgehead atoms. The summed E-state index contributed by atoms with van der Waals surface area (Å²) < 4.78 is 0. The number of aliphatic hydroxyl groups excluding tert-OH is 1. The highest BCUT2D eigenvalue weighted by Gasteiger charge is 2.53. The molecule has 3 heteroatoms. The highest BCUT2D eigenvalue weighted by atomic mass is 16.3. The molecule has 1 heterocycles. The summed E-state index contributed by atoms with van der Waals surface area (Å²) in [5, 5.41) is 9.30. The minimum absolute atomic E-state index is 0.251. The van der Waals surface area contributed by atoms with Crippen LogP contribution in [0.3, 0.4) is 0 Å². The van der Waals surface area contributed by atoms with Crippen LogP contribution >= 0.6 is 0 Å². The quantitative estimate of drug-likeness (QED) is 0.740. The molecule has 3 atom stereocenters. The van der Waals surface area contributed by atoms with Crippen molar-refractivity contribution >= 4 is 0 Å². The average Bonchev–Trinajstić information content (AvgIpc) is 2.69. The van der Waals surface area contributed by atoms with Gasteiger partial charge in [-0.1, -0.05) is 0 Å². The molecule has 1 aliphatic heterocycles. The molecular formula is C13H26N2O. The number of likely N-dealkylation sites (tertiary alicyclic amines) is 1. The third-order valence-corrected chi connectivity index (χ3v) is 4.74. The zero-order valence-electron chi connectivity index (χ0n) is 10.9. The summed E-state index contributed by atoms with van der Waals surface area (Å²) >= 11 is 0. The molecule has 1 saturated carbocycles. The number of rotatable bonds is 2. The van der Waals surface area contributed by atoms with Gasteiger partial charge in [0.15, 0.2) is 0 Å². The molecule has 0 aromatic rings. The van der Waals surface area contributed by atoms with Gasteiger partial charge in [0.25, 0.3) is 0 Å². The lowest BCUT2D eigenvalue weighted by molar-refractivity contribution is 0.132. The van der Waals surface area contributed by atoms with Crippen LogP contribution in [0.25, 0.3) is 0 Å². The average molecular weight is 226 g/mol. The largest absolute Gasteiger partial charge is 0.396 e. The summed E-state index contributed by atoms with van der Waals surface area (Å²) in [5.41, 5.74) is 6.57. The number of hydrogen-bond donors (Lipinski definition) is 2. The topological polar surface area (TPSA) is 49.5 Å². The Bertz CT molecular complexity index is 261. The van der Waals surface area contributed by atoms with Crippen molar-refractivity contribution in [3.8, 4) is 0 Å². The SMILES string of the molecule is CC(C)(C)N1C[C@H]2CC(CO)C[C@@]2(CN)C1. The standard InChI is InChI=1S/C13H26N2O/c1-12(2,3)15-6-11-4-10(7-16)5-13(11,8-14)9-15/h10-11,16H,4-9,14H2,1-3H3/t10?,11-,13-/m1/s1. The van der Waals surface area contributed by atoms with Crippen molar-refractivity contribution < 1.29 is 5.11 Å². The molecular weight excluding hydrogens is 200 g/mol. The van der Waals surface area contributed by atoms with Gasteiger partial charge in [-0.15, -0.1) is 0 Å². The van der Waals surface area contributed by atoms with E-state index in [1.54, 1.807) is 0 Å². The molecule has 1 aliphatic carbocycles. The minimum Gasteiger partial charge on any atom is -0.396 e. The van der Waals surface area contributed by atoms with Crippen LogP contribution in [0, 0.1) is 17.3 Å². The molecule has 1 saturated heterocycles. The summed E-state index contributed by atoms with van der Waals surface area (Å²) in [7, 11) is 0. The molecule has 16 heavy (non-hydrogen) atoms. The maximum absolute atomic E-state index is 9.30. The van der Waals surface area contributed by atoms with Crippen LogP contribution < -0.4 is 5.73 Å². The van der Waals surface area contributed by atoms with Crippen molar-refractivity contribution in [2.45, 2.75) is 39.2 Å². The zero-order chi connectivity index (χ0) is 12.0. The Morgan fingerprint density at radius 2 is 2.12 bits per heavy atom. The Labute approximate surface area is 99.0 Å². The minimum atomic E-state index is 0.251. The van der Waals surface area contributed by atoms with Gasteiger partial charge in [-0.05, 0) is 57.4 Å². The number of nitrogens with zero attached hydrogens (tertiary/aromatic N) is 1. The van der Waals surface area contributed by atoms with Gasteiger partial charge in [-0.25, -0.2) is 0 Å². The van der Waals surface area contributed by atoms with Gasteiger partial charge in [0.05, 0.1) is 0 Å². The van der Waals surface area contributed by atoms with E-state index in [0.717, 1.165) is 26.1 Å². The molecule has 2 aliphatic rings. The Hall–Kier alpha value is -0.120. The second kappa shape index (κ2) is 3.97. The lowest BCUT2D eigenvalue weighted by atomic mass is 9.80. The molecule has 0 amide bonds. The van der Waals surface area contributed by atoms with E-state index in [9.17, 15) is 5.11 Å². The van der Waals surface area contributed by atoms with Crippen LogP contribution in [-0.2, 0) is 0 Å². The highest BCUT2D eigenvalue weighted by Crippen LogP contribution is 2.51. The fraction of sp³-hybridized carbons (Fsp3) is 1.00. The van der Waals surface area contributed by atoms with Crippen molar-refractivity contribution in [3.05, 3.63) is 0 Å². The first-order chi connectivity index (χ1) is 7.41. The Balaban J connectivity index is 2.11. The van der Waals surface area contributed by atoms with Gasteiger partial charge in [0, 0.05) is 25.2 Å². The predicted octanol–water partition coefficient (Wildman–Crippen LogP) is 1.06. The van der Waals surface area contributed by atoms with Crippen LogP contribution in [0.5, 0.6) is 0 Å². The van der Waals surface area contributed by atoms with Crippen molar-refractivity contribution in [1.82, 2.24) is 4.90 Å². The van der Waals surface area contributed by atoms with Crippen molar-refractivity contribution in [1.29, 1.82) is 0 Å². The Kier molecular flexibility index (Phi) is 3.06. The molecule has 0 radical (unpaired) electrons. The van der Waals surface area contributed by atoms with Crippen LogP contribution in [0.2, 0.25) is 0 Å². The molecule has 2 fully saturated rings. The number of nitrogens with two attached hydrogens (primary N) is 1. The molecule has 3 nitrogen and oxygen atoms in total. The predicted molar refractivity (Wildman–Crippen MR) is 66.1 cm³/mol. The van der Waals surface area contributed by atoms with Gasteiger partial charge in [-0.3, -0.25) is 4.90 Å². The second-order valence-electron chi connectivity index (χ2n) is 6.80. The molecule has 0 aromatic heterocycles. The van der Waals surface area contributed by atoms with E-state index in [-0.39, 0.29) is 5.54 Å². The fourth-order valence-corrected chi connectivity index (χ4v) is 3.61. The van der Waals surface area contributed by atoms with Crippen molar-refractivity contribution in [3.63, 3.8) is 0 Å². The molecule has 0 spiro atoms. The number of hydrogen-bond acceptors (Lipinski definition) is 3. The maximum Gasteiger partial charge on any atom is 0.0459 e. The third-order valence-electron chi connectivity index (χ3n) is 4.74. The van der Waals surface area contributed by atoms with Crippen LogP contribution in [-0.4, -0.2) is 41.8 Å². The van der Waals surface area contributed by atoms with E-state index in [0.29, 0.717) is 23.9 Å². The third kappa shape index (κ3) is 1.89. The first-order valence-electron chi connectivity index (χ1n) is 6.47. The van der Waals surface area contributed by atoms with Crippen LogP contribution in [0.15, 0.2) is 0 Å². The van der Waals surface area contributed by atoms with E-state index in [2.05, 4.69) is 25.7 Å². The maximum atomic E-state index is 9.30. The summed E-state index contributed by atoms with van der Waals surface area (Å²) in [6.07, 6.45) is 2.29. The van der Waals surface area contributed by atoms with Gasteiger partial charge in [-0.2, -0.15) is 0 Å². The van der Waals surface area contributed by atoms with Crippen LogP contribution in [0.1, 0.15) is 33.6 Å². The molecule has 1 unspecified atom stereocenters. The summed E-state index contributed by atoms with van der Waals surface area (Å²) in [6, 6.07) is 0. The summed E-state index contributed by atoms with van der Waals surface area (Å²) in [6.45, 7) is 10.2. The zero-order valence-corrected chi connectivity index (χ0v) is 10.9. The fourth-order valence-electron chi connectivity index (χ4n) is 3.61. The lowest BCUT2D eigenvalue weighted by Crippen LogP contribution is -2.43. The van der Waals surface area contributed by atoms with Crippen molar-refractivity contribution in [2.75, 3.05) is 26.2 Å². The van der Waals surface area contributed by atoms with Gasteiger partial charge in [0.2, 0.25) is 0 Å². The first kappa shape index (κ1) is 12.3. The smallest absolute Gasteiger partial charge is 0.0459 e. The number of fused-ring (bicyclic) bond motifs is 1. The normalized spacial score (nSPS) is 40.3. The second-order valence-corrected chi connectivity index (χ2v) is 6.80. The van der Waals surface area contributed by atoms with Gasteiger partial charge in [0.1, 0.15) is 0 Å².